The van der Waals surface area contributed by atoms with Crippen LogP contribution in [-0.4, -0.2) is 30.6 Å². The summed E-state index contributed by atoms with van der Waals surface area (Å²) < 4.78 is 0. The summed E-state index contributed by atoms with van der Waals surface area (Å²) >= 11 is 0. The summed E-state index contributed by atoms with van der Waals surface area (Å²) in [6.07, 6.45) is 7.83. The average molecular weight is 382 g/mol. The molecular weight excluding hydrogens is 351 g/mol. The van der Waals surface area contributed by atoms with Gasteiger partial charge in [-0.15, -0.1) is 24.0 Å². The Kier molecular flexibility index (Phi) is 9.78. The van der Waals surface area contributed by atoms with E-state index in [0.29, 0.717) is 12.0 Å². The minimum absolute atomic E-state index is 0. The van der Waals surface area contributed by atoms with E-state index in [-0.39, 0.29) is 29.5 Å². The molecule has 5 heteroatoms. The van der Waals surface area contributed by atoms with E-state index in [1.165, 1.54) is 38.5 Å². The summed E-state index contributed by atoms with van der Waals surface area (Å²) in [4.78, 5) is 4.37. The Morgan fingerprint density at radius 2 is 1.74 bits per heavy atom. The van der Waals surface area contributed by atoms with E-state index < -0.39 is 0 Å². The number of rotatable bonds is 4. The van der Waals surface area contributed by atoms with Crippen molar-refractivity contribution in [1.82, 2.24) is 10.6 Å². The quantitative estimate of drug-likeness (QED) is 0.230. The molecule has 1 fully saturated rings. The second-order valence-corrected chi connectivity index (χ2v) is 6.28. The normalized spacial score (nSPS) is 18.6. The molecule has 114 valence electrons. The molecule has 0 unspecified atom stereocenters. The summed E-state index contributed by atoms with van der Waals surface area (Å²) in [5, 5.41) is 6.76. The smallest absolute Gasteiger partial charge is 0.188 e. The highest BCUT2D eigenvalue weighted by Crippen LogP contribution is 2.16. The van der Waals surface area contributed by atoms with E-state index in [2.05, 4.69) is 36.4 Å². The maximum absolute atomic E-state index is 5.92. The van der Waals surface area contributed by atoms with Crippen molar-refractivity contribution < 1.29 is 0 Å². The molecule has 0 radical (unpaired) electrons. The van der Waals surface area contributed by atoms with Gasteiger partial charge in [0.2, 0.25) is 0 Å². The van der Waals surface area contributed by atoms with Crippen molar-refractivity contribution in [3.05, 3.63) is 0 Å². The fourth-order valence-electron chi connectivity index (χ4n) is 2.29. The lowest BCUT2D eigenvalue weighted by molar-refractivity contribution is 0.432. The Hall–Kier alpha value is -0.0400. The van der Waals surface area contributed by atoms with Gasteiger partial charge >= 0.3 is 0 Å². The predicted octanol–water partition coefficient (Wildman–Crippen LogP) is 2.62. The first-order valence-corrected chi connectivity index (χ1v) is 7.29. The van der Waals surface area contributed by atoms with E-state index in [1.54, 1.807) is 0 Å². The number of nitrogens with two attached hydrogens (primary N) is 1. The zero-order valence-corrected chi connectivity index (χ0v) is 15.0. The van der Waals surface area contributed by atoms with Gasteiger partial charge in [-0.05, 0) is 33.6 Å². The Labute approximate surface area is 135 Å². The standard InChI is InChI=1S/C14H30N4.HI/c1-14(2,3)17-11-10-16-13(15)18-12-8-6-4-5-7-9-12;/h12,17H,4-11H2,1-3H3,(H3,15,16,18);1H. The molecule has 0 aliphatic heterocycles. The number of hydrogen-bond acceptors (Lipinski definition) is 2. The van der Waals surface area contributed by atoms with Gasteiger partial charge in [-0.3, -0.25) is 4.99 Å². The van der Waals surface area contributed by atoms with Gasteiger partial charge in [-0.25, -0.2) is 0 Å². The molecule has 1 rings (SSSR count). The third-order valence-corrected chi connectivity index (χ3v) is 3.26. The zero-order valence-electron chi connectivity index (χ0n) is 12.7. The van der Waals surface area contributed by atoms with Crippen molar-refractivity contribution in [3.8, 4) is 0 Å². The molecule has 0 aromatic carbocycles. The van der Waals surface area contributed by atoms with Crippen LogP contribution < -0.4 is 16.4 Å². The van der Waals surface area contributed by atoms with Gasteiger partial charge in [-0.1, -0.05) is 25.7 Å². The molecule has 1 saturated carbocycles. The molecule has 0 aromatic rings. The molecular formula is C14H31IN4. The number of aliphatic imine (C=N–C) groups is 1. The minimum atomic E-state index is 0. The molecule has 0 amide bonds. The van der Waals surface area contributed by atoms with Gasteiger partial charge in [0.05, 0.1) is 6.54 Å². The number of nitrogens with one attached hydrogen (secondary N) is 2. The summed E-state index contributed by atoms with van der Waals surface area (Å²) in [6, 6.07) is 0.534. The SMILES string of the molecule is CC(C)(C)NCCN=C(N)NC1CCCCCC1.I. The van der Waals surface area contributed by atoms with Crippen LogP contribution in [0.1, 0.15) is 59.3 Å². The van der Waals surface area contributed by atoms with Gasteiger partial charge in [0, 0.05) is 18.1 Å². The van der Waals surface area contributed by atoms with Crippen LogP contribution >= 0.6 is 24.0 Å². The van der Waals surface area contributed by atoms with E-state index in [9.17, 15) is 0 Å². The van der Waals surface area contributed by atoms with Crippen molar-refractivity contribution >= 4 is 29.9 Å². The second-order valence-electron chi connectivity index (χ2n) is 6.28. The Bertz CT molecular complexity index is 253. The van der Waals surface area contributed by atoms with Gasteiger partial charge in [0.1, 0.15) is 0 Å². The molecule has 4 nitrogen and oxygen atoms in total. The van der Waals surface area contributed by atoms with Crippen molar-refractivity contribution in [2.75, 3.05) is 13.1 Å². The summed E-state index contributed by atoms with van der Waals surface area (Å²) in [5.74, 6) is 0.609. The van der Waals surface area contributed by atoms with Gasteiger partial charge < -0.3 is 16.4 Å². The van der Waals surface area contributed by atoms with E-state index in [4.69, 9.17) is 5.73 Å². The average Bonchev–Trinajstić information content (AvgIpc) is 2.52. The molecule has 0 spiro atoms. The highest BCUT2D eigenvalue weighted by molar-refractivity contribution is 14.0. The van der Waals surface area contributed by atoms with Crippen molar-refractivity contribution in [3.63, 3.8) is 0 Å². The largest absolute Gasteiger partial charge is 0.370 e. The van der Waals surface area contributed by atoms with E-state index in [0.717, 1.165) is 13.1 Å². The minimum Gasteiger partial charge on any atom is -0.370 e. The molecule has 0 bridgehead atoms. The molecule has 19 heavy (non-hydrogen) atoms. The van der Waals surface area contributed by atoms with Crippen molar-refractivity contribution in [1.29, 1.82) is 0 Å². The molecule has 0 atom stereocenters. The third-order valence-electron chi connectivity index (χ3n) is 3.26. The fourth-order valence-corrected chi connectivity index (χ4v) is 2.29. The second kappa shape index (κ2) is 9.80. The fraction of sp³-hybridized carbons (Fsp3) is 0.929. The molecule has 1 aliphatic carbocycles. The Morgan fingerprint density at radius 1 is 1.16 bits per heavy atom. The van der Waals surface area contributed by atoms with Crippen molar-refractivity contribution in [2.45, 2.75) is 70.9 Å². The number of halogens is 1. The zero-order chi connectivity index (χ0) is 13.4. The number of nitrogens with zero attached hydrogens (tertiary/aromatic N) is 1. The van der Waals surface area contributed by atoms with Crippen LogP contribution in [0.2, 0.25) is 0 Å². The van der Waals surface area contributed by atoms with Crippen LogP contribution in [-0.2, 0) is 0 Å². The van der Waals surface area contributed by atoms with Crippen LogP contribution in [0, 0.1) is 0 Å². The van der Waals surface area contributed by atoms with Gasteiger partial charge in [-0.2, -0.15) is 0 Å². The maximum Gasteiger partial charge on any atom is 0.188 e. The predicted molar refractivity (Wildman–Crippen MR) is 94.3 cm³/mol. The van der Waals surface area contributed by atoms with Crippen LogP contribution in [0.15, 0.2) is 4.99 Å². The molecule has 4 N–H and O–H groups in total. The first kappa shape index (κ1) is 19.0. The first-order valence-electron chi connectivity index (χ1n) is 7.29. The van der Waals surface area contributed by atoms with Gasteiger partial charge in [0.15, 0.2) is 5.96 Å². The van der Waals surface area contributed by atoms with Crippen LogP contribution in [0.4, 0.5) is 0 Å². The molecule has 0 saturated heterocycles. The van der Waals surface area contributed by atoms with Crippen LogP contribution in [0.3, 0.4) is 0 Å². The Balaban J connectivity index is 0.00000324. The molecule has 1 aliphatic rings. The number of guanidine groups is 1. The topological polar surface area (TPSA) is 62.4 Å². The lowest BCUT2D eigenvalue weighted by Gasteiger charge is -2.20. The van der Waals surface area contributed by atoms with Crippen LogP contribution in [0.25, 0.3) is 0 Å². The molecule has 0 heterocycles. The van der Waals surface area contributed by atoms with Crippen LogP contribution in [0.5, 0.6) is 0 Å². The Morgan fingerprint density at radius 3 is 2.26 bits per heavy atom. The summed E-state index contributed by atoms with van der Waals surface area (Å²) in [7, 11) is 0. The van der Waals surface area contributed by atoms with E-state index in [1.807, 2.05) is 0 Å². The van der Waals surface area contributed by atoms with E-state index >= 15 is 0 Å². The lowest BCUT2D eigenvalue weighted by Crippen LogP contribution is -2.41. The first-order chi connectivity index (χ1) is 8.47. The highest BCUT2D eigenvalue weighted by atomic mass is 127. The highest BCUT2D eigenvalue weighted by Gasteiger charge is 2.12. The third kappa shape index (κ3) is 10.4. The molecule has 0 aromatic heterocycles. The number of hydrogen-bond donors (Lipinski definition) is 3. The summed E-state index contributed by atoms with van der Waals surface area (Å²) in [6.45, 7) is 8.08. The summed E-state index contributed by atoms with van der Waals surface area (Å²) in [5.41, 5.74) is 6.07. The monoisotopic (exact) mass is 382 g/mol. The van der Waals surface area contributed by atoms with Crippen molar-refractivity contribution in [2.24, 2.45) is 10.7 Å². The maximum atomic E-state index is 5.92. The van der Waals surface area contributed by atoms with Gasteiger partial charge in [0.25, 0.3) is 0 Å². The lowest BCUT2D eigenvalue weighted by atomic mass is 10.1.